The smallest absolute Gasteiger partial charge is 0.264 e. The van der Waals surface area contributed by atoms with Crippen molar-refractivity contribution < 1.29 is 9.53 Å². The second-order valence-corrected chi connectivity index (χ2v) is 7.05. The van der Waals surface area contributed by atoms with Crippen LogP contribution in [0.4, 0.5) is 0 Å². The lowest BCUT2D eigenvalue weighted by Crippen LogP contribution is -2.50. The molecule has 0 spiro atoms. The highest BCUT2D eigenvalue weighted by Gasteiger charge is 2.25. The molecule has 110 valence electrons. The molecule has 0 N–H and O–H groups in total. The van der Waals surface area contributed by atoms with E-state index in [1.54, 1.807) is 6.07 Å². The third kappa shape index (κ3) is 3.34. The molecule has 1 amide bonds. The molecule has 20 heavy (non-hydrogen) atoms. The molecule has 2 aliphatic rings. The van der Waals surface area contributed by atoms with Gasteiger partial charge in [-0.15, -0.1) is 11.3 Å². The van der Waals surface area contributed by atoms with E-state index in [2.05, 4.69) is 4.90 Å². The average molecular weight is 315 g/mol. The van der Waals surface area contributed by atoms with Crippen LogP contribution >= 0.6 is 22.9 Å². The summed E-state index contributed by atoms with van der Waals surface area (Å²) in [4.78, 5) is 17.4. The fourth-order valence-corrected chi connectivity index (χ4v) is 3.81. The molecular weight excluding hydrogens is 296 g/mol. The zero-order chi connectivity index (χ0) is 13.9. The maximum absolute atomic E-state index is 12.3. The van der Waals surface area contributed by atoms with Crippen LogP contribution in [0.1, 0.15) is 22.5 Å². The monoisotopic (exact) mass is 314 g/mol. The van der Waals surface area contributed by atoms with Crippen LogP contribution in [0.3, 0.4) is 0 Å². The van der Waals surface area contributed by atoms with Gasteiger partial charge in [0.1, 0.15) is 0 Å². The summed E-state index contributed by atoms with van der Waals surface area (Å²) >= 11 is 7.24. The fourth-order valence-electron chi connectivity index (χ4n) is 2.79. The second kappa shape index (κ2) is 6.43. The van der Waals surface area contributed by atoms with Crippen LogP contribution in [0, 0.1) is 0 Å². The summed E-state index contributed by atoms with van der Waals surface area (Å²) < 4.78 is 6.34. The van der Waals surface area contributed by atoms with Crippen molar-refractivity contribution in [2.75, 3.05) is 39.3 Å². The van der Waals surface area contributed by atoms with Crippen molar-refractivity contribution in [2.45, 2.75) is 18.9 Å². The molecule has 0 aromatic carbocycles. The minimum absolute atomic E-state index is 0.110. The van der Waals surface area contributed by atoms with Crippen LogP contribution < -0.4 is 0 Å². The molecule has 0 saturated carbocycles. The van der Waals surface area contributed by atoms with Gasteiger partial charge in [0, 0.05) is 39.3 Å². The van der Waals surface area contributed by atoms with E-state index in [4.69, 9.17) is 16.3 Å². The third-order valence-electron chi connectivity index (χ3n) is 3.93. The van der Waals surface area contributed by atoms with Gasteiger partial charge in [-0.2, -0.15) is 0 Å². The number of rotatable bonds is 3. The lowest BCUT2D eigenvalue weighted by Gasteiger charge is -2.35. The van der Waals surface area contributed by atoms with Crippen molar-refractivity contribution in [3.63, 3.8) is 0 Å². The molecule has 1 aromatic rings. The van der Waals surface area contributed by atoms with E-state index in [1.165, 1.54) is 24.2 Å². The zero-order valence-corrected chi connectivity index (χ0v) is 13.0. The van der Waals surface area contributed by atoms with Crippen molar-refractivity contribution in [1.82, 2.24) is 9.80 Å². The van der Waals surface area contributed by atoms with Gasteiger partial charge in [-0.1, -0.05) is 11.6 Å². The number of amides is 1. The van der Waals surface area contributed by atoms with Crippen LogP contribution in [0.5, 0.6) is 0 Å². The predicted molar refractivity (Wildman–Crippen MR) is 80.6 cm³/mol. The van der Waals surface area contributed by atoms with Gasteiger partial charge in [0.15, 0.2) is 0 Å². The number of carbonyl (C=O) groups is 1. The molecule has 0 aliphatic carbocycles. The highest BCUT2D eigenvalue weighted by atomic mass is 35.5. The lowest BCUT2D eigenvalue weighted by atomic mass is 10.2. The molecule has 6 heteroatoms. The summed E-state index contributed by atoms with van der Waals surface area (Å²) in [7, 11) is 0. The van der Waals surface area contributed by atoms with E-state index in [0.717, 1.165) is 44.2 Å². The van der Waals surface area contributed by atoms with Gasteiger partial charge in [0.2, 0.25) is 0 Å². The first-order valence-electron chi connectivity index (χ1n) is 7.11. The first-order chi connectivity index (χ1) is 9.72. The number of nitrogens with zero attached hydrogens (tertiary/aromatic N) is 2. The Labute approximate surface area is 128 Å². The van der Waals surface area contributed by atoms with E-state index in [1.807, 2.05) is 11.0 Å². The van der Waals surface area contributed by atoms with Crippen molar-refractivity contribution in [3.05, 3.63) is 21.3 Å². The van der Waals surface area contributed by atoms with Crippen molar-refractivity contribution in [3.8, 4) is 0 Å². The molecule has 2 aliphatic heterocycles. The molecule has 1 unspecified atom stereocenters. The number of piperazine rings is 1. The van der Waals surface area contributed by atoms with Crippen LogP contribution in [0.25, 0.3) is 0 Å². The van der Waals surface area contributed by atoms with Gasteiger partial charge in [-0.25, -0.2) is 0 Å². The van der Waals surface area contributed by atoms with Crippen LogP contribution in [-0.2, 0) is 4.74 Å². The zero-order valence-electron chi connectivity index (χ0n) is 11.4. The summed E-state index contributed by atoms with van der Waals surface area (Å²) in [5.74, 6) is 0.110. The van der Waals surface area contributed by atoms with Gasteiger partial charge in [0.05, 0.1) is 15.3 Å². The molecule has 2 fully saturated rings. The summed E-state index contributed by atoms with van der Waals surface area (Å²) in [6.45, 7) is 5.37. The predicted octanol–water partition coefficient (Wildman–Crippen LogP) is 2.34. The Morgan fingerprint density at radius 1 is 1.35 bits per heavy atom. The highest BCUT2D eigenvalue weighted by Crippen LogP contribution is 2.23. The Balaban J connectivity index is 1.49. The minimum Gasteiger partial charge on any atom is -0.377 e. The maximum Gasteiger partial charge on any atom is 0.264 e. The summed E-state index contributed by atoms with van der Waals surface area (Å²) in [5.41, 5.74) is 0. The molecule has 4 nitrogen and oxygen atoms in total. The second-order valence-electron chi connectivity index (χ2n) is 5.33. The number of hydrogen-bond acceptors (Lipinski definition) is 4. The summed E-state index contributed by atoms with van der Waals surface area (Å²) in [6.07, 6.45) is 2.75. The Kier molecular flexibility index (Phi) is 4.61. The lowest BCUT2D eigenvalue weighted by molar-refractivity contribution is 0.0435. The first kappa shape index (κ1) is 14.3. The molecule has 1 atom stereocenters. The number of thiophene rings is 1. The van der Waals surface area contributed by atoms with E-state index in [-0.39, 0.29) is 5.91 Å². The van der Waals surface area contributed by atoms with Gasteiger partial charge in [-0.3, -0.25) is 9.69 Å². The van der Waals surface area contributed by atoms with E-state index in [9.17, 15) is 4.79 Å². The van der Waals surface area contributed by atoms with Crippen LogP contribution in [-0.4, -0.2) is 61.1 Å². The first-order valence-corrected chi connectivity index (χ1v) is 8.30. The molecule has 2 saturated heterocycles. The van der Waals surface area contributed by atoms with Crippen molar-refractivity contribution in [1.29, 1.82) is 0 Å². The minimum atomic E-state index is 0.110. The van der Waals surface area contributed by atoms with Crippen molar-refractivity contribution >= 4 is 28.8 Å². The average Bonchev–Trinajstić information content (AvgIpc) is 3.10. The van der Waals surface area contributed by atoms with Gasteiger partial charge in [-0.05, 0) is 25.0 Å². The van der Waals surface area contributed by atoms with Crippen molar-refractivity contribution in [2.24, 2.45) is 0 Å². The SMILES string of the molecule is O=C(c1ccc(Cl)s1)N1CCN(CC2CCCO2)CC1. The van der Waals surface area contributed by atoms with Gasteiger partial charge >= 0.3 is 0 Å². The van der Waals surface area contributed by atoms with E-state index >= 15 is 0 Å². The fraction of sp³-hybridized carbons (Fsp3) is 0.643. The summed E-state index contributed by atoms with van der Waals surface area (Å²) in [6, 6.07) is 3.60. The Morgan fingerprint density at radius 2 is 2.15 bits per heavy atom. The highest BCUT2D eigenvalue weighted by molar-refractivity contribution is 7.17. The van der Waals surface area contributed by atoms with Crippen LogP contribution in [0.15, 0.2) is 12.1 Å². The summed E-state index contributed by atoms with van der Waals surface area (Å²) in [5, 5.41) is 0. The quantitative estimate of drug-likeness (QED) is 0.858. The molecule has 0 bridgehead atoms. The standard InChI is InChI=1S/C14H19ClN2O2S/c15-13-4-3-12(20-13)14(18)17-7-5-16(6-8-17)10-11-2-1-9-19-11/h3-4,11H,1-2,5-10H2. The largest absolute Gasteiger partial charge is 0.377 e. The normalized spacial score (nSPS) is 24.2. The third-order valence-corrected chi connectivity index (χ3v) is 5.15. The van der Waals surface area contributed by atoms with Gasteiger partial charge in [0.25, 0.3) is 5.91 Å². The number of hydrogen-bond donors (Lipinski definition) is 0. The Morgan fingerprint density at radius 3 is 2.75 bits per heavy atom. The topological polar surface area (TPSA) is 32.8 Å². The Bertz CT molecular complexity index is 465. The number of halogens is 1. The van der Waals surface area contributed by atoms with Gasteiger partial charge < -0.3 is 9.64 Å². The van der Waals surface area contributed by atoms with E-state index < -0.39 is 0 Å². The molecule has 1 aromatic heterocycles. The molecule has 3 heterocycles. The van der Waals surface area contributed by atoms with Crippen LogP contribution in [0.2, 0.25) is 4.34 Å². The molecule has 3 rings (SSSR count). The molecule has 0 radical (unpaired) electrons. The maximum atomic E-state index is 12.3. The number of ether oxygens (including phenoxy) is 1. The molecular formula is C14H19ClN2O2S. The number of carbonyl (C=O) groups excluding carboxylic acids is 1. The van der Waals surface area contributed by atoms with E-state index in [0.29, 0.717) is 10.4 Å². The Hall–Kier alpha value is -0.620.